The summed E-state index contributed by atoms with van der Waals surface area (Å²) in [4.78, 5) is 0. The van der Waals surface area contributed by atoms with Gasteiger partial charge < -0.3 is 4.74 Å². The van der Waals surface area contributed by atoms with Crippen LogP contribution in [0.4, 0.5) is 0 Å². The Morgan fingerprint density at radius 2 is 2.00 bits per heavy atom. The van der Waals surface area contributed by atoms with E-state index >= 15 is 0 Å². The third-order valence-corrected chi connectivity index (χ3v) is 4.33. The molecule has 0 spiro atoms. The summed E-state index contributed by atoms with van der Waals surface area (Å²) in [5, 5.41) is 0. The number of nitrogens with one attached hydrogen (secondary N) is 1. The van der Waals surface area contributed by atoms with Gasteiger partial charge in [0.2, 0.25) is 0 Å². The topological polar surface area (TPSA) is 47.3 Å². The minimum Gasteiger partial charge on any atom is -0.490 e. The Kier molecular flexibility index (Phi) is 4.04. The molecular formula is C16H24N2O. The standard InChI is InChI=1S/C16H24N2O/c17-18-16(10-12-4-1-2-5-12)13-6-3-7-15(11-13)19-14-8-9-14/h3,6-7,11-12,14,16,18H,1-2,4-5,8-10,17H2. The quantitative estimate of drug-likeness (QED) is 0.609. The lowest BCUT2D eigenvalue weighted by molar-refractivity contribution is 0.302. The van der Waals surface area contributed by atoms with Crippen LogP contribution in [0.3, 0.4) is 0 Å². The maximum atomic E-state index is 5.86. The van der Waals surface area contributed by atoms with Gasteiger partial charge in [-0.1, -0.05) is 37.8 Å². The first-order chi connectivity index (χ1) is 9.35. The summed E-state index contributed by atoms with van der Waals surface area (Å²) in [6.45, 7) is 0. The smallest absolute Gasteiger partial charge is 0.120 e. The fraction of sp³-hybridized carbons (Fsp3) is 0.625. The summed E-state index contributed by atoms with van der Waals surface area (Å²) in [5.41, 5.74) is 4.24. The molecule has 2 saturated carbocycles. The van der Waals surface area contributed by atoms with Gasteiger partial charge in [-0.3, -0.25) is 11.3 Å². The number of hydrogen-bond acceptors (Lipinski definition) is 3. The van der Waals surface area contributed by atoms with E-state index < -0.39 is 0 Å². The second-order valence-corrected chi connectivity index (χ2v) is 6.00. The van der Waals surface area contributed by atoms with Crippen LogP contribution in [0.25, 0.3) is 0 Å². The summed E-state index contributed by atoms with van der Waals surface area (Å²) in [7, 11) is 0. The van der Waals surface area contributed by atoms with Gasteiger partial charge in [-0.15, -0.1) is 0 Å². The normalized spacial score (nSPS) is 21.5. The zero-order chi connectivity index (χ0) is 13.1. The Bertz CT molecular complexity index is 411. The zero-order valence-corrected chi connectivity index (χ0v) is 11.5. The molecule has 0 bridgehead atoms. The van der Waals surface area contributed by atoms with E-state index in [-0.39, 0.29) is 6.04 Å². The highest BCUT2D eigenvalue weighted by atomic mass is 16.5. The summed E-state index contributed by atoms with van der Waals surface area (Å²) in [6, 6.07) is 8.68. The summed E-state index contributed by atoms with van der Waals surface area (Å²) >= 11 is 0. The molecule has 1 unspecified atom stereocenters. The van der Waals surface area contributed by atoms with Gasteiger partial charge in [-0.05, 0) is 42.9 Å². The molecule has 0 amide bonds. The maximum Gasteiger partial charge on any atom is 0.120 e. The van der Waals surface area contributed by atoms with Crippen LogP contribution < -0.4 is 16.0 Å². The van der Waals surface area contributed by atoms with Crippen LogP contribution in [0.5, 0.6) is 5.75 Å². The lowest BCUT2D eigenvalue weighted by Crippen LogP contribution is -2.29. The van der Waals surface area contributed by atoms with Crippen molar-refractivity contribution < 1.29 is 4.74 Å². The molecule has 1 aromatic carbocycles. The van der Waals surface area contributed by atoms with Crippen LogP contribution in [-0.2, 0) is 0 Å². The van der Waals surface area contributed by atoms with Gasteiger partial charge in [0, 0.05) is 6.04 Å². The van der Waals surface area contributed by atoms with E-state index in [0.29, 0.717) is 6.10 Å². The molecule has 3 nitrogen and oxygen atoms in total. The summed E-state index contributed by atoms with van der Waals surface area (Å²) in [6.07, 6.45) is 9.47. The van der Waals surface area contributed by atoms with Gasteiger partial charge in [-0.25, -0.2) is 0 Å². The molecule has 0 saturated heterocycles. The molecule has 104 valence electrons. The molecule has 3 heteroatoms. The number of rotatable bonds is 6. The molecule has 3 N–H and O–H groups in total. The Balaban J connectivity index is 1.66. The number of ether oxygens (including phenoxy) is 1. The lowest BCUT2D eigenvalue weighted by Gasteiger charge is -2.20. The predicted molar refractivity (Wildman–Crippen MR) is 76.7 cm³/mol. The molecule has 0 aromatic heterocycles. The fourth-order valence-electron chi connectivity index (χ4n) is 3.06. The van der Waals surface area contributed by atoms with Crippen LogP contribution in [0, 0.1) is 5.92 Å². The van der Waals surface area contributed by atoms with Crippen molar-refractivity contribution in [3.05, 3.63) is 29.8 Å². The van der Waals surface area contributed by atoms with Crippen LogP contribution >= 0.6 is 0 Å². The van der Waals surface area contributed by atoms with Crippen molar-refractivity contribution >= 4 is 0 Å². The molecular weight excluding hydrogens is 236 g/mol. The molecule has 19 heavy (non-hydrogen) atoms. The van der Waals surface area contributed by atoms with Crippen molar-refractivity contribution in [1.82, 2.24) is 5.43 Å². The molecule has 1 atom stereocenters. The number of hydrazine groups is 1. The van der Waals surface area contributed by atoms with E-state index in [9.17, 15) is 0 Å². The highest BCUT2D eigenvalue weighted by Gasteiger charge is 2.24. The summed E-state index contributed by atoms with van der Waals surface area (Å²) in [5.74, 6) is 7.58. The minimum absolute atomic E-state index is 0.255. The van der Waals surface area contributed by atoms with E-state index in [1.165, 1.54) is 44.1 Å². The minimum atomic E-state index is 0.255. The van der Waals surface area contributed by atoms with Gasteiger partial charge in [0.1, 0.15) is 5.75 Å². The Morgan fingerprint density at radius 3 is 2.68 bits per heavy atom. The van der Waals surface area contributed by atoms with E-state index in [4.69, 9.17) is 10.6 Å². The van der Waals surface area contributed by atoms with E-state index in [1.54, 1.807) is 0 Å². The first-order valence-electron chi connectivity index (χ1n) is 7.58. The molecule has 2 fully saturated rings. The van der Waals surface area contributed by atoms with E-state index in [2.05, 4.69) is 23.6 Å². The largest absolute Gasteiger partial charge is 0.490 e. The van der Waals surface area contributed by atoms with E-state index in [1.807, 2.05) is 6.07 Å². The maximum absolute atomic E-state index is 5.86. The summed E-state index contributed by atoms with van der Waals surface area (Å²) < 4.78 is 5.86. The van der Waals surface area contributed by atoms with Crippen LogP contribution in [0.15, 0.2) is 24.3 Å². The van der Waals surface area contributed by atoms with Gasteiger partial charge in [0.25, 0.3) is 0 Å². The van der Waals surface area contributed by atoms with Gasteiger partial charge in [0.15, 0.2) is 0 Å². The average molecular weight is 260 g/mol. The molecule has 0 heterocycles. The Morgan fingerprint density at radius 1 is 1.21 bits per heavy atom. The average Bonchev–Trinajstić information content (AvgIpc) is 3.09. The predicted octanol–water partition coefficient (Wildman–Crippen LogP) is 3.31. The lowest BCUT2D eigenvalue weighted by atomic mass is 9.94. The second-order valence-electron chi connectivity index (χ2n) is 6.00. The van der Waals surface area contributed by atoms with Crippen molar-refractivity contribution in [2.75, 3.05) is 0 Å². The van der Waals surface area contributed by atoms with Crippen LogP contribution in [-0.4, -0.2) is 6.10 Å². The van der Waals surface area contributed by atoms with Crippen molar-refractivity contribution in [2.24, 2.45) is 11.8 Å². The number of hydrogen-bond donors (Lipinski definition) is 2. The second kappa shape index (κ2) is 5.93. The van der Waals surface area contributed by atoms with Crippen LogP contribution in [0.2, 0.25) is 0 Å². The molecule has 3 rings (SSSR count). The van der Waals surface area contributed by atoms with Gasteiger partial charge >= 0.3 is 0 Å². The highest BCUT2D eigenvalue weighted by Crippen LogP contribution is 2.34. The van der Waals surface area contributed by atoms with Crippen molar-refractivity contribution in [3.8, 4) is 5.75 Å². The Hall–Kier alpha value is -1.06. The number of nitrogens with two attached hydrogens (primary N) is 1. The fourth-order valence-corrected chi connectivity index (χ4v) is 3.06. The Labute approximate surface area is 115 Å². The molecule has 2 aliphatic rings. The van der Waals surface area contributed by atoms with Gasteiger partial charge in [0.05, 0.1) is 6.10 Å². The first-order valence-corrected chi connectivity index (χ1v) is 7.58. The molecule has 0 aliphatic heterocycles. The van der Waals surface area contributed by atoms with Crippen molar-refractivity contribution in [3.63, 3.8) is 0 Å². The molecule has 2 aliphatic carbocycles. The SMILES string of the molecule is NNC(CC1CCCC1)c1cccc(OC2CC2)c1. The van der Waals surface area contributed by atoms with E-state index in [0.717, 1.165) is 18.1 Å². The zero-order valence-electron chi connectivity index (χ0n) is 11.5. The molecule has 0 radical (unpaired) electrons. The van der Waals surface area contributed by atoms with Crippen LogP contribution in [0.1, 0.15) is 56.6 Å². The van der Waals surface area contributed by atoms with Crippen molar-refractivity contribution in [2.45, 2.75) is 57.1 Å². The first kappa shape index (κ1) is 12.9. The molecule has 1 aromatic rings. The third kappa shape index (κ3) is 3.48. The van der Waals surface area contributed by atoms with Gasteiger partial charge in [-0.2, -0.15) is 0 Å². The highest BCUT2D eigenvalue weighted by molar-refractivity contribution is 5.31. The van der Waals surface area contributed by atoms with Crippen molar-refractivity contribution in [1.29, 1.82) is 0 Å². The monoisotopic (exact) mass is 260 g/mol. The number of benzene rings is 1. The third-order valence-electron chi connectivity index (χ3n) is 4.33.